The van der Waals surface area contributed by atoms with Gasteiger partial charge in [0.25, 0.3) is 0 Å². The Hall–Kier alpha value is -0.860. The highest BCUT2D eigenvalue weighted by atomic mass is 16.7. The number of ether oxygens (including phenoxy) is 2. The highest BCUT2D eigenvalue weighted by molar-refractivity contribution is 5.20. The van der Waals surface area contributed by atoms with Crippen LogP contribution in [-0.2, 0) is 9.47 Å². The lowest BCUT2D eigenvalue weighted by Gasteiger charge is -2.35. The number of benzene rings is 1. The third kappa shape index (κ3) is 2.93. The lowest BCUT2D eigenvalue weighted by atomic mass is 9.81. The average Bonchev–Trinajstić information content (AvgIpc) is 2.91. The van der Waals surface area contributed by atoms with Gasteiger partial charge in [-0.3, -0.25) is 0 Å². The summed E-state index contributed by atoms with van der Waals surface area (Å²) < 4.78 is 11.5. The molecule has 1 spiro atoms. The van der Waals surface area contributed by atoms with E-state index in [1.54, 1.807) is 0 Å². The first-order valence-electron chi connectivity index (χ1n) is 7.21. The highest BCUT2D eigenvalue weighted by Gasteiger charge is 2.40. The maximum atomic E-state index is 5.74. The van der Waals surface area contributed by atoms with Crippen LogP contribution in [0, 0.1) is 0 Å². The molecule has 0 bridgehead atoms. The molecule has 1 saturated heterocycles. The van der Waals surface area contributed by atoms with Crippen LogP contribution in [0.1, 0.15) is 51.0 Å². The molecule has 18 heavy (non-hydrogen) atoms. The van der Waals surface area contributed by atoms with Gasteiger partial charge in [-0.2, -0.15) is 0 Å². The monoisotopic (exact) mass is 248 g/mol. The van der Waals surface area contributed by atoms with E-state index in [-0.39, 0.29) is 5.79 Å². The summed E-state index contributed by atoms with van der Waals surface area (Å²) in [7, 11) is 0. The minimum atomic E-state index is -0.217. The fourth-order valence-electron chi connectivity index (χ4n) is 2.90. The fourth-order valence-corrected chi connectivity index (χ4v) is 2.90. The second-order valence-corrected chi connectivity index (χ2v) is 4.79. The van der Waals surface area contributed by atoms with E-state index < -0.39 is 0 Å². The van der Waals surface area contributed by atoms with Crippen LogP contribution in [-0.4, -0.2) is 19.0 Å². The van der Waals surface area contributed by atoms with Gasteiger partial charge in [-0.25, -0.2) is 0 Å². The fraction of sp³-hybridized carbons (Fsp3) is 0.625. The van der Waals surface area contributed by atoms with Crippen LogP contribution in [0.15, 0.2) is 30.3 Å². The zero-order chi connectivity index (χ0) is 12.8. The van der Waals surface area contributed by atoms with Gasteiger partial charge in [-0.05, 0) is 24.3 Å². The molecule has 0 amide bonds. The molecule has 2 aliphatic rings. The van der Waals surface area contributed by atoms with Gasteiger partial charge in [-0.15, -0.1) is 0 Å². The molecule has 1 aromatic rings. The molecule has 1 aliphatic carbocycles. The maximum Gasteiger partial charge on any atom is 0.168 e. The van der Waals surface area contributed by atoms with Crippen LogP contribution in [0.25, 0.3) is 0 Å². The van der Waals surface area contributed by atoms with E-state index in [1.165, 1.54) is 18.4 Å². The van der Waals surface area contributed by atoms with E-state index in [2.05, 4.69) is 30.3 Å². The van der Waals surface area contributed by atoms with Crippen molar-refractivity contribution in [2.75, 3.05) is 13.2 Å². The number of hydrogen-bond donors (Lipinski definition) is 0. The Morgan fingerprint density at radius 2 is 1.50 bits per heavy atom. The minimum absolute atomic E-state index is 0.217. The van der Waals surface area contributed by atoms with Crippen LogP contribution in [0.4, 0.5) is 0 Å². The van der Waals surface area contributed by atoms with Crippen molar-refractivity contribution < 1.29 is 9.47 Å². The first-order valence-corrected chi connectivity index (χ1v) is 7.21. The van der Waals surface area contributed by atoms with E-state index in [0.717, 1.165) is 26.1 Å². The second kappa shape index (κ2) is 6.35. The molecule has 1 saturated carbocycles. The van der Waals surface area contributed by atoms with Gasteiger partial charge in [0.1, 0.15) is 0 Å². The topological polar surface area (TPSA) is 18.5 Å². The van der Waals surface area contributed by atoms with Crippen molar-refractivity contribution in [3.63, 3.8) is 0 Å². The van der Waals surface area contributed by atoms with E-state index >= 15 is 0 Å². The summed E-state index contributed by atoms with van der Waals surface area (Å²) in [5.41, 5.74) is 1.47. The SMILES string of the molecule is CC.c1ccc(C2CCC3(CC2)OCCO3)cc1. The molecule has 1 heterocycles. The molecule has 2 nitrogen and oxygen atoms in total. The van der Waals surface area contributed by atoms with Crippen molar-refractivity contribution in [3.8, 4) is 0 Å². The second-order valence-electron chi connectivity index (χ2n) is 4.79. The Balaban J connectivity index is 0.000000574. The molecule has 0 unspecified atom stereocenters. The largest absolute Gasteiger partial charge is 0.348 e. The standard InChI is InChI=1S/C14H18O2.C2H6/c1-2-4-12(5-3-1)13-6-8-14(9-7-13)15-10-11-16-14;1-2/h1-5,13H,6-11H2;1-2H3. The molecule has 2 heteroatoms. The first-order chi connectivity index (χ1) is 8.88. The normalized spacial score (nSPS) is 22.6. The van der Waals surface area contributed by atoms with Crippen LogP contribution in [0.2, 0.25) is 0 Å². The quantitative estimate of drug-likeness (QED) is 0.744. The predicted molar refractivity (Wildman–Crippen MR) is 73.6 cm³/mol. The molecule has 0 radical (unpaired) electrons. The van der Waals surface area contributed by atoms with Gasteiger partial charge in [0, 0.05) is 12.8 Å². The summed E-state index contributed by atoms with van der Waals surface area (Å²) in [6.07, 6.45) is 4.47. The molecule has 1 aliphatic heterocycles. The Morgan fingerprint density at radius 3 is 2.06 bits per heavy atom. The molecule has 1 aromatic carbocycles. The van der Waals surface area contributed by atoms with Gasteiger partial charge >= 0.3 is 0 Å². The van der Waals surface area contributed by atoms with Gasteiger partial charge in [0.15, 0.2) is 5.79 Å². The summed E-state index contributed by atoms with van der Waals surface area (Å²) in [5, 5.41) is 0. The van der Waals surface area contributed by atoms with E-state index in [9.17, 15) is 0 Å². The van der Waals surface area contributed by atoms with Crippen LogP contribution >= 0.6 is 0 Å². The van der Waals surface area contributed by atoms with Gasteiger partial charge < -0.3 is 9.47 Å². The smallest absolute Gasteiger partial charge is 0.168 e. The summed E-state index contributed by atoms with van der Waals surface area (Å²) >= 11 is 0. The molecular formula is C16H24O2. The zero-order valence-electron chi connectivity index (χ0n) is 11.5. The number of rotatable bonds is 1. The Labute approximate surface area is 110 Å². The predicted octanol–water partition coefficient (Wildman–Crippen LogP) is 4.11. The molecular weight excluding hydrogens is 224 g/mol. The zero-order valence-corrected chi connectivity index (χ0v) is 11.5. The van der Waals surface area contributed by atoms with E-state index in [4.69, 9.17) is 9.47 Å². The average molecular weight is 248 g/mol. The van der Waals surface area contributed by atoms with Crippen molar-refractivity contribution in [2.24, 2.45) is 0 Å². The molecule has 2 fully saturated rings. The van der Waals surface area contributed by atoms with Gasteiger partial charge in [-0.1, -0.05) is 44.2 Å². The van der Waals surface area contributed by atoms with Gasteiger partial charge in [0.05, 0.1) is 13.2 Å². The summed E-state index contributed by atoms with van der Waals surface area (Å²) in [5.74, 6) is 0.477. The summed E-state index contributed by atoms with van der Waals surface area (Å²) in [6, 6.07) is 10.8. The van der Waals surface area contributed by atoms with Crippen molar-refractivity contribution in [1.82, 2.24) is 0 Å². The highest BCUT2D eigenvalue weighted by Crippen LogP contribution is 2.42. The Bertz CT molecular complexity index is 331. The lowest BCUT2D eigenvalue weighted by molar-refractivity contribution is -0.178. The first kappa shape index (κ1) is 13.6. The van der Waals surface area contributed by atoms with Crippen LogP contribution in [0.3, 0.4) is 0 Å². The van der Waals surface area contributed by atoms with Crippen molar-refractivity contribution >= 4 is 0 Å². The molecule has 0 N–H and O–H groups in total. The maximum absolute atomic E-state index is 5.74. The number of hydrogen-bond acceptors (Lipinski definition) is 2. The van der Waals surface area contributed by atoms with Crippen LogP contribution in [0.5, 0.6) is 0 Å². The molecule has 0 aromatic heterocycles. The van der Waals surface area contributed by atoms with E-state index in [1.807, 2.05) is 13.8 Å². The van der Waals surface area contributed by atoms with Crippen molar-refractivity contribution in [2.45, 2.75) is 51.2 Å². The molecule has 100 valence electrons. The third-order valence-corrected chi connectivity index (χ3v) is 3.83. The summed E-state index contributed by atoms with van der Waals surface area (Å²) in [4.78, 5) is 0. The molecule has 3 rings (SSSR count). The minimum Gasteiger partial charge on any atom is -0.348 e. The van der Waals surface area contributed by atoms with Crippen molar-refractivity contribution in [1.29, 1.82) is 0 Å². The van der Waals surface area contributed by atoms with Crippen molar-refractivity contribution in [3.05, 3.63) is 35.9 Å². The lowest BCUT2D eigenvalue weighted by Crippen LogP contribution is -2.34. The summed E-state index contributed by atoms with van der Waals surface area (Å²) in [6.45, 7) is 5.55. The third-order valence-electron chi connectivity index (χ3n) is 3.83. The van der Waals surface area contributed by atoms with Crippen LogP contribution < -0.4 is 0 Å². The van der Waals surface area contributed by atoms with E-state index in [0.29, 0.717) is 5.92 Å². The molecule has 0 atom stereocenters. The Kier molecular flexibility index (Phi) is 4.79. The van der Waals surface area contributed by atoms with Gasteiger partial charge in [0.2, 0.25) is 0 Å². The Morgan fingerprint density at radius 1 is 0.944 bits per heavy atom.